The Morgan fingerprint density at radius 1 is 1.00 bits per heavy atom. The van der Waals surface area contributed by atoms with E-state index in [4.69, 9.17) is 27.6 Å². The summed E-state index contributed by atoms with van der Waals surface area (Å²) in [6.07, 6.45) is -0.289. The number of rotatable bonds is 3. The maximum absolute atomic E-state index is 6.26. The molecule has 1 aliphatic heterocycles. The largest absolute Gasteiger partial charge is 0.253 e. The number of nitrogens with zero attached hydrogens (tertiary/aromatic N) is 2. The molecule has 0 radical (unpaired) electrons. The van der Waals surface area contributed by atoms with Gasteiger partial charge in [0.25, 0.3) is 0 Å². The highest BCUT2D eigenvalue weighted by molar-refractivity contribution is 8.00. The minimum atomic E-state index is -0.289. The van der Waals surface area contributed by atoms with Crippen molar-refractivity contribution >= 4 is 39.4 Å². The van der Waals surface area contributed by atoms with E-state index in [1.165, 1.54) is 11.1 Å². The minimum absolute atomic E-state index is 0.173. The predicted octanol–water partition coefficient (Wildman–Crippen LogP) is 6.33. The van der Waals surface area contributed by atoms with Crippen molar-refractivity contribution in [3.63, 3.8) is 0 Å². The van der Waals surface area contributed by atoms with Gasteiger partial charge in [0.15, 0.2) is 6.17 Å². The first-order chi connectivity index (χ1) is 11.3. The van der Waals surface area contributed by atoms with Crippen LogP contribution in [0.25, 0.3) is 0 Å². The van der Waals surface area contributed by atoms with Gasteiger partial charge in [-0.15, -0.1) is 0 Å². The van der Waals surface area contributed by atoms with Gasteiger partial charge in [-0.05, 0) is 28.7 Å². The van der Waals surface area contributed by atoms with E-state index in [0.717, 1.165) is 11.3 Å². The molecule has 0 fully saturated rings. The monoisotopic (exact) mass is 378 g/mol. The van der Waals surface area contributed by atoms with Crippen LogP contribution < -0.4 is 0 Å². The lowest BCUT2D eigenvalue weighted by Gasteiger charge is -2.19. The number of hydrogen-bond acceptors (Lipinski definition) is 2. The molecule has 1 aliphatic rings. The van der Waals surface area contributed by atoms with E-state index >= 15 is 0 Å². The van der Waals surface area contributed by atoms with Crippen molar-refractivity contribution in [1.29, 1.82) is 0 Å². The van der Waals surface area contributed by atoms with Crippen LogP contribution in [0.4, 0.5) is 0 Å². The summed E-state index contributed by atoms with van der Waals surface area (Å²) in [4.78, 5) is 4.51. The SMILES string of the molecule is CC(C)(C)c1ccc(CS2=NC(c3c(Cl)cccc3Cl)N=C2)cc1. The summed E-state index contributed by atoms with van der Waals surface area (Å²) in [5.41, 5.74) is 5.52. The highest BCUT2D eigenvalue weighted by atomic mass is 35.5. The van der Waals surface area contributed by atoms with Gasteiger partial charge in [-0.3, -0.25) is 4.99 Å². The summed E-state index contributed by atoms with van der Waals surface area (Å²) in [5.74, 6) is 0.868. The minimum Gasteiger partial charge on any atom is -0.253 e. The summed E-state index contributed by atoms with van der Waals surface area (Å²) >= 11 is 12.5. The Kier molecular flexibility index (Phi) is 5.14. The van der Waals surface area contributed by atoms with Crippen molar-refractivity contribution in [3.05, 3.63) is 69.2 Å². The molecule has 2 atom stereocenters. The van der Waals surface area contributed by atoms with Crippen LogP contribution in [0.1, 0.15) is 43.6 Å². The van der Waals surface area contributed by atoms with Crippen molar-refractivity contribution in [2.45, 2.75) is 38.1 Å². The fraction of sp³-hybridized carbons (Fsp3) is 0.316. The second-order valence-electron chi connectivity index (χ2n) is 6.86. The van der Waals surface area contributed by atoms with Crippen LogP contribution in [0.3, 0.4) is 0 Å². The van der Waals surface area contributed by atoms with E-state index in [-0.39, 0.29) is 22.3 Å². The number of benzene rings is 2. The molecular formula is C19H20Cl2N2S. The lowest BCUT2D eigenvalue weighted by Crippen LogP contribution is -2.10. The standard InChI is InChI=1S/C19H20Cl2N2S/c1-19(2,3)14-9-7-13(8-10-14)11-24-12-22-18(23-24)17-15(20)5-4-6-16(17)21/h4-10,12,18H,11H2,1-3H3. The lowest BCUT2D eigenvalue weighted by atomic mass is 9.87. The van der Waals surface area contributed by atoms with Crippen molar-refractivity contribution < 1.29 is 0 Å². The molecule has 2 aromatic rings. The maximum atomic E-state index is 6.26. The molecular weight excluding hydrogens is 359 g/mol. The van der Waals surface area contributed by atoms with Gasteiger partial charge in [0, 0.05) is 21.4 Å². The van der Waals surface area contributed by atoms with Crippen LogP contribution in [0, 0.1) is 0 Å². The van der Waals surface area contributed by atoms with E-state index in [2.05, 4.69) is 50.0 Å². The third kappa shape index (κ3) is 3.90. The molecule has 0 spiro atoms. The van der Waals surface area contributed by atoms with Gasteiger partial charge in [-0.2, -0.15) is 0 Å². The van der Waals surface area contributed by atoms with E-state index in [9.17, 15) is 0 Å². The third-order valence-electron chi connectivity index (χ3n) is 3.95. The van der Waals surface area contributed by atoms with Gasteiger partial charge < -0.3 is 0 Å². The molecule has 3 rings (SSSR count). The van der Waals surface area contributed by atoms with E-state index < -0.39 is 0 Å². The zero-order valence-electron chi connectivity index (χ0n) is 14.0. The Bertz CT molecular complexity index is 785. The maximum Gasteiger partial charge on any atom is 0.175 e. The van der Waals surface area contributed by atoms with Crippen molar-refractivity contribution in [2.24, 2.45) is 9.36 Å². The highest BCUT2D eigenvalue weighted by Gasteiger charge is 2.20. The molecule has 0 N–H and O–H groups in total. The normalized spacial score (nSPS) is 20.2. The Balaban J connectivity index is 1.77. The summed E-state index contributed by atoms with van der Waals surface area (Å²) in [5, 5.41) is 1.24. The van der Waals surface area contributed by atoms with Gasteiger partial charge in [0.1, 0.15) is 0 Å². The van der Waals surface area contributed by atoms with Crippen molar-refractivity contribution in [1.82, 2.24) is 0 Å². The molecule has 0 saturated heterocycles. The van der Waals surface area contributed by atoms with Crippen LogP contribution in [0.5, 0.6) is 0 Å². The Morgan fingerprint density at radius 2 is 1.62 bits per heavy atom. The molecule has 0 aliphatic carbocycles. The van der Waals surface area contributed by atoms with Gasteiger partial charge >= 0.3 is 0 Å². The molecule has 5 heteroatoms. The second-order valence-corrected chi connectivity index (χ2v) is 9.19. The second kappa shape index (κ2) is 6.99. The first kappa shape index (κ1) is 17.7. The first-order valence-electron chi connectivity index (χ1n) is 7.82. The van der Waals surface area contributed by atoms with Gasteiger partial charge in [-0.25, -0.2) is 4.36 Å². The Labute approximate surface area is 156 Å². The summed E-state index contributed by atoms with van der Waals surface area (Å²) in [6, 6.07) is 14.3. The van der Waals surface area contributed by atoms with Crippen LogP contribution in [0.2, 0.25) is 10.0 Å². The topological polar surface area (TPSA) is 24.7 Å². The fourth-order valence-electron chi connectivity index (χ4n) is 2.54. The number of halogens is 2. The molecule has 126 valence electrons. The third-order valence-corrected chi connectivity index (χ3v) is 6.08. The van der Waals surface area contributed by atoms with Crippen LogP contribution in [-0.4, -0.2) is 5.55 Å². The molecule has 0 amide bonds. The van der Waals surface area contributed by atoms with Crippen molar-refractivity contribution in [2.75, 3.05) is 0 Å². The molecule has 1 heterocycles. The molecule has 2 unspecified atom stereocenters. The Morgan fingerprint density at radius 3 is 2.21 bits per heavy atom. The van der Waals surface area contributed by atoms with E-state index in [1.807, 2.05) is 23.7 Å². The van der Waals surface area contributed by atoms with E-state index in [1.54, 1.807) is 0 Å². The lowest BCUT2D eigenvalue weighted by molar-refractivity contribution is 0.590. The highest BCUT2D eigenvalue weighted by Crippen LogP contribution is 2.35. The van der Waals surface area contributed by atoms with E-state index in [0.29, 0.717) is 10.0 Å². The number of hydrogen-bond donors (Lipinski definition) is 0. The zero-order valence-corrected chi connectivity index (χ0v) is 16.3. The zero-order chi connectivity index (χ0) is 17.3. The predicted molar refractivity (Wildman–Crippen MR) is 106 cm³/mol. The summed E-state index contributed by atoms with van der Waals surface area (Å²) < 4.78 is 4.78. The van der Waals surface area contributed by atoms with Crippen molar-refractivity contribution in [3.8, 4) is 0 Å². The Hall–Kier alpha value is -1.16. The molecule has 24 heavy (non-hydrogen) atoms. The molecule has 0 aromatic heterocycles. The van der Waals surface area contributed by atoms with Gasteiger partial charge in [-0.1, -0.05) is 85.0 Å². The number of aliphatic imine (C=N–C) groups is 1. The van der Waals surface area contributed by atoms with Gasteiger partial charge in [0.05, 0.1) is 5.55 Å². The average molecular weight is 379 g/mol. The fourth-order valence-corrected chi connectivity index (χ4v) is 4.54. The summed E-state index contributed by atoms with van der Waals surface area (Å²) in [7, 11) is -0.237. The molecule has 2 aromatic carbocycles. The molecule has 0 bridgehead atoms. The van der Waals surface area contributed by atoms with Crippen LogP contribution in [-0.2, 0) is 21.9 Å². The average Bonchev–Trinajstić information content (AvgIpc) is 2.95. The quantitative estimate of drug-likeness (QED) is 0.595. The van der Waals surface area contributed by atoms with Crippen LogP contribution >= 0.6 is 23.2 Å². The van der Waals surface area contributed by atoms with Crippen LogP contribution in [0.15, 0.2) is 51.8 Å². The smallest absolute Gasteiger partial charge is 0.175 e. The van der Waals surface area contributed by atoms with Gasteiger partial charge in [0.2, 0.25) is 0 Å². The summed E-state index contributed by atoms with van der Waals surface area (Å²) in [6.45, 7) is 6.67. The molecule has 2 nitrogen and oxygen atoms in total. The first-order valence-corrected chi connectivity index (χ1v) is 9.99. The molecule has 0 saturated carbocycles.